The largest absolute Gasteiger partial charge is 0.495 e. The lowest BCUT2D eigenvalue weighted by Crippen LogP contribution is -2.29. The van der Waals surface area contributed by atoms with E-state index in [4.69, 9.17) is 21.7 Å². The number of halogens is 1. The smallest absolute Gasteiger partial charge is 0.154 e. The van der Waals surface area contributed by atoms with Gasteiger partial charge in [0.1, 0.15) is 23.1 Å². The van der Waals surface area contributed by atoms with Gasteiger partial charge in [0, 0.05) is 12.6 Å². The predicted octanol–water partition coefficient (Wildman–Crippen LogP) is 6.12. The number of ether oxygens (including phenoxy) is 1. The topological polar surface area (TPSA) is 74.4 Å². The fourth-order valence-electron chi connectivity index (χ4n) is 3.74. The van der Waals surface area contributed by atoms with Crippen molar-refractivity contribution in [1.29, 1.82) is 5.41 Å². The van der Waals surface area contributed by atoms with Crippen molar-refractivity contribution in [2.45, 2.75) is 13.2 Å². The average Bonchev–Trinajstić information content (AvgIpc) is 3.24. The van der Waals surface area contributed by atoms with Gasteiger partial charge in [0.2, 0.25) is 0 Å². The molecule has 0 aliphatic heterocycles. The molecule has 0 radical (unpaired) electrons. The van der Waals surface area contributed by atoms with Gasteiger partial charge in [0.25, 0.3) is 0 Å². The van der Waals surface area contributed by atoms with Crippen LogP contribution in [0.15, 0.2) is 85.2 Å². The first-order chi connectivity index (χ1) is 16.9. The van der Waals surface area contributed by atoms with E-state index in [-0.39, 0.29) is 5.84 Å². The Bertz CT molecular complexity index is 1360. The maximum absolute atomic E-state index is 10.9. The Balaban J connectivity index is 1.50. The summed E-state index contributed by atoms with van der Waals surface area (Å²) in [7, 11) is 3.29. The van der Waals surface area contributed by atoms with Crippen LogP contribution in [0.4, 0.5) is 0 Å². The number of nitrogens with one attached hydrogen (secondary N) is 1. The fraction of sp³-hybridized carbons (Fsp3) is 0.143. The van der Waals surface area contributed by atoms with Gasteiger partial charge >= 0.3 is 0 Å². The molecule has 0 saturated carbocycles. The number of aliphatic hydroxyl groups is 1. The van der Waals surface area contributed by atoms with Crippen molar-refractivity contribution in [3.63, 3.8) is 0 Å². The maximum Gasteiger partial charge on any atom is 0.154 e. The van der Waals surface area contributed by atoms with Crippen LogP contribution in [0, 0.1) is 12.3 Å². The van der Waals surface area contributed by atoms with E-state index in [9.17, 15) is 5.11 Å². The van der Waals surface area contributed by atoms with E-state index in [0.29, 0.717) is 16.5 Å². The summed E-state index contributed by atoms with van der Waals surface area (Å²) in [6.07, 6.45) is 4.15. The number of hydrogen-bond donors (Lipinski definition) is 2. The Kier molecular flexibility index (Phi) is 7.34. The minimum Gasteiger partial charge on any atom is -0.495 e. The van der Waals surface area contributed by atoms with Gasteiger partial charge in [-0.15, -0.1) is 0 Å². The van der Waals surface area contributed by atoms with E-state index in [1.54, 1.807) is 37.2 Å². The van der Waals surface area contributed by atoms with Crippen LogP contribution >= 0.6 is 11.6 Å². The molecule has 2 N–H and O–H groups in total. The van der Waals surface area contributed by atoms with E-state index >= 15 is 0 Å². The van der Waals surface area contributed by atoms with Crippen molar-refractivity contribution in [3.8, 4) is 22.6 Å². The number of aromatic nitrogens is 2. The second kappa shape index (κ2) is 10.6. The number of benzene rings is 3. The Morgan fingerprint density at radius 3 is 2.51 bits per heavy atom. The van der Waals surface area contributed by atoms with Gasteiger partial charge in [-0.2, -0.15) is 0 Å². The van der Waals surface area contributed by atoms with Crippen LogP contribution in [-0.4, -0.2) is 39.6 Å². The molecule has 7 heteroatoms. The van der Waals surface area contributed by atoms with Crippen LogP contribution in [0.3, 0.4) is 0 Å². The van der Waals surface area contributed by atoms with Gasteiger partial charge in [0.15, 0.2) is 6.23 Å². The molecule has 1 heterocycles. The van der Waals surface area contributed by atoms with E-state index in [1.807, 2.05) is 79.7 Å². The first-order valence-corrected chi connectivity index (χ1v) is 11.5. The highest BCUT2D eigenvalue weighted by atomic mass is 35.5. The highest BCUT2D eigenvalue weighted by Gasteiger charge is 2.16. The summed E-state index contributed by atoms with van der Waals surface area (Å²) in [6, 6.07) is 23.4. The lowest BCUT2D eigenvalue weighted by atomic mass is 10.0. The van der Waals surface area contributed by atoms with Crippen molar-refractivity contribution in [1.82, 2.24) is 14.5 Å². The Labute approximate surface area is 210 Å². The Morgan fingerprint density at radius 2 is 1.83 bits per heavy atom. The first kappa shape index (κ1) is 24.3. The van der Waals surface area contributed by atoms with E-state index in [1.165, 1.54) is 4.90 Å². The standard InChI is InChI=1S/C28H27ClN4O2/c1-19-27(29)33(18-31-19)24-14-12-20(16-25(24)35-3)13-15-26(30)32(2)28(34)23-11-7-10-22(17-23)21-8-5-4-6-9-21/h4-18,28,30,34H,1-3H3/b15-13+,30-26?. The molecule has 1 atom stereocenters. The quantitative estimate of drug-likeness (QED) is 0.187. The number of amidine groups is 1. The van der Waals surface area contributed by atoms with Crippen LogP contribution in [0.5, 0.6) is 5.75 Å². The zero-order valence-electron chi connectivity index (χ0n) is 19.8. The number of aliphatic hydroxyl groups excluding tert-OH is 1. The van der Waals surface area contributed by atoms with Crippen LogP contribution in [-0.2, 0) is 0 Å². The van der Waals surface area contributed by atoms with Crippen LogP contribution in [0.1, 0.15) is 23.0 Å². The van der Waals surface area contributed by atoms with Crippen molar-refractivity contribution in [3.05, 3.63) is 107 Å². The Morgan fingerprint density at radius 1 is 1.09 bits per heavy atom. The summed E-state index contributed by atoms with van der Waals surface area (Å²) in [5, 5.41) is 19.9. The molecule has 178 valence electrons. The summed E-state index contributed by atoms with van der Waals surface area (Å²) in [6.45, 7) is 1.84. The molecule has 0 spiro atoms. The lowest BCUT2D eigenvalue weighted by Gasteiger charge is -2.25. The highest BCUT2D eigenvalue weighted by Crippen LogP contribution is 2.29. The molecule has 1 unspecified atom stereocenters. The highest BCUT2D eigenvalue weighted by molar-refractivity contribution is 6.30. The number of rotatable bonds is 7. The summed E-state index contributed by atoms with van der Waals surface area (Å²) in [4.78, 5) is 5.75. The van der Waals surface area contributed by atoms with E-state index in [0.717, 1.165) is 28.1 Å². The monoisotopic (exact) mass is 486 g/mol. The lowest BCUT2D eigenvalue weighted by molar-refractivity contribution is 0.0694. The molecule has 35 heavy (non-hydrogen) atoms. The van der Waals surface area contributed by atoms with Gasteiger partial charge in [-0.25, -0.2) is 4.98 Å². The zero-order chi connectivity index (χ0) is 24.9. The second-order valence-corrected chi connectivity index (χ2v) is 8.47. The van der Waals surface area contributed by atoms with Crippen LogP contribution < -0.4 is 4.74 Å². The molecule has 0 bridgehead atoms. The van der Waals surface area contributed by atoms with Gasteiger partial charge in [-0.1, -0.05) is 72.3 Å². The van der Waals surface area contributed by atoms with E-state index < -0.39 is 6.23 Å². The molecule has 0 aliphatic carbocycles. The normalized spacial score (nSPS) is 12.0. The van der Waals surface area contributed by atoms with Gasteiger partial charge in [-0.3, -0.25) is 9.98 Å². The van der Waals surface area contributed by atoms with Crippen LogP contribution in [0.25, 0.3) is 22.9 Å². The van der Waals surface area contributed by atoms with Crippen LogP contribution in [0.2, 0.25) is 5.15 Å². The average molecular weight is 487 g/mol. The molecule has 3 aromatic carbocycles. The molecule has 4 rings (SSSR count). The molecule has 1 aromatic heterocycles. The molecule has 0 amide bonds. The minimum absolute atomic E-state index is 0.166. The number of imidazole rings is 1. The van der Waals surface area contributed by atoms with Gasteiger partial charge in [-0.05, 0) is 47.9 Å². The van der Waals surface area contributed by atoms with Crippen molar-refractivity contribution in [2.75, 3.05) is 14.2 Å². The third kappa shape index (κ3) is 5.29. The molecule has 4 aromatic rings. The molecule has 0 saturated heterocycles. The maximum atomic E-state index is 10.9. The van der Waals surface area contributed by atoms with E-state index in [2.05, 4.69) is 4.98 Å². The number of methoxy groups -OCH3 is 1. The van der Waals surface area contributed by atoms with Crippen molar-refractivity contribution in [2.24, 2.45) is 0 Å². The van der Waals surface area contributed by atoms with Gasteiger partial charge < -0.3 is 14.7 Å². The molecular weight excluding hydrogens is 460 g/mol. The number of hydrogen-bond acceptors (Lipinski definition) is 4. The number of nitrogens with zero attached hydrogens (tertiary/aromatic N) is 3. The third-order valence-electron chi connectivity index (χ3n) is 5.81. The predicted molar refractivity (Wildman–Crippen MR) is 141 cm³/mol. The summed E-state index contributed by atoms with van der Waals surface area (Å²) < 4.78 is 7.32. The molecule has 0 aliphatic rings. The molecule has 6 nitrogen and oxygen atoms in total. The second-order valence-electron chi connectivity index (χ2n) is 8.12. The summed E-state index contributed by atoms with van der Waals surface area (Å²) in [5.74, 6) is 0.794. The summed E-state index contributed by atoms with van der Waals surface area (Å²) >= 11 is 6.35. The number of aryl methyl sites for hydroxylation is 1. The number of likely N-dealkylation sites (N-methyl/N-ethyl adjacent to an activating group) is 1. The van der Waals surface area contributed by atoms with Crippen molar-refractivity contribution >= 4 is 23.5 Å². The summed E-state index contributed by atoms with van der Waals surface area (Å²) in [5.41, 5.74) is 5.16. The molecule has 0 fully saturated rings. The third-order valence-corrected chi connectivity index (χ3v) is 6.27. The van der Waals surface area contributed by atoms with Gasteiger partial charge in [0.05, 0.1) is 18.5 Å². The molecular formula is C28H27ClN4O2. The Hall–Kier alpha value is -3.87. The first-order valence-electron chi connectivity index (χ1n) is 11.1. The fourth-order valence-corrected chi connectivity index (χ4v) is 3.93. The zero-order valence-corrected chi connectivity index (χ0v) is 20.6. The van der Waals surface area contributed by atoms with Crippen molar-refractivity contribution < 1.29 is 9.84 Å². The minimum atomic E-state index is -0.959. The SMILES string of the molecule is COc1cc(/C=C/C(=N)N(C)C(O)c2cccc(-c3ccccc3)c2)ccc1-n1cnc(C)c1Cl.